The highest BCUT2D eigenvalue weighted by Gasteiger charge is 2.12. The molecule has 6 heteroatoms. The summed E-state index contributed by atoms with van der Waals surface area (Å²) >= 11 is 1.63. The molecule has 0 radical (unpaired) electrons. The third-order valence-electron chi connectivity index (χ3n) is 2.77. The van der Waals surface area contributed by atoms with Crippen molar-refractivity contribution in [1.82, 2.24) is 4.98 Å². The average molecular weight is 278 g/mol. The number of nitrogen functional groups attached to an aromatic ring is 1. The molecule has 0 aliphatic rings. The Hall–Kier alpha value is -1.95. The Balaban J connectivity index is 2.25. The molecular weight excluding hydrogens is 260 g/mol. The number of hydrogen-bond acceptors (Lipinski definition) is 6. The van der Waals surface area contributed by atoms with Crippen molar-refractivity contribution in [2.24, 2.45) is 0 Å². The largest absolute Gasteiger partial charge is 0.479 e. The summed E-state index contributed by atoms with van der Waals surface area (Å²) in [6.45, 7) is 0.659. The number of nitrogens with one attached hydrogen (secondary N) is 1. The summed E-state index contributed by atoms with van der Waals surface area (Å²) in [5.74, 6) is 0.585. The molecule has 0 amide bonds. The molecule has 0 fully saturated rings. The first-order chi connectivity index (χ1) is 9.13. The summed E-state index contributed by atoms with van der Waals surface area (Å²) < 4.78 is 5.31. The summed E-state index contributed by atoms with van der Waals surface area (Å²) in [4.78, 5) is 7.35. The molecule has 0 aromatic carbocycles. The Morgan fingerprint density at radius 2 is 2.21 bits per heavy atom. The molecule has 2 rings (SSSR count). The quantitative estimate of drug-likeness (QED) is 0.879. The van der Waals surface area contributed by atoms with Crippen molar-refractivity contribution in [3.05, 3.63) is 28.6 Å². The van der Waals surface area contributed by atoms with Crippen molar-refractivity contribution in [3.8, 4) is 5.88 Å². The van der Waals surface area contributed by atoms with Gasteiger partial charge in [0.05, 0.1) is 19.3 Å². The van der Waals surface area contributed by atoms with Crippen molar-refractivity contribution in [3.63, 3.8) is 0 Å². The number of thiophene rings is 1. The van der Waals surface area contributed by atoms with Gasteiger partial charge in [-0.15, -0.1) is 11.3 Å². The molecule has 2 aromatic rings. The summed E-state index contributed by atoms with van der Waals surface area (Å²) in [5.41, 5.74) is 8.61. The summed E-state index contributed by atoms with van der Waals surface area (Å²) in [6, 6.07) is 3.86. The second kappa shape index (κ2) is 5.79. The summed E-state index contributed by atoms with van der Waals surface area (Å²) in [7, 11) is 5.59. The fourth-order valence-electron chi connectivity index (χ4n) is 1.79. The van der Waals surface area contributed by atoms with Gasteiger partial charge in [0.1, 0.15) is 5.69 Å². The minimum absolute atomic E-state index is 0.585. The lowest BCUT2D eigenvalue weighted by Crippen LogP contribution is -2.13. The summed E-state index contributed by atoms with van der Waals surface area (Å²) in [6.07, 6.45) is 1.73. The molecule has 0 saturated heterocycles. The molecule has 19 heavy (non-hydrogen) atoms. The standard InChI is InChI=1S/C13H18N4OS/c1-17(2)10-4-6-15-13(18-3)12(10)16-8-11-9(14)5-7-19-11/h4-7,16H,8,14H2,1-3H3. The Kier molecular flexibility index (Phi) is 4.11. The van der Waals surface area contributed by atoms with E-state index in [2.05, 4.69) is 10.3 Å². The van der Waals surface area contributed by atoms with E-state index in [4.69, 9.17) is 10.5 Å². The number of pyridine rings is 1. The van der Waals surface area contributed by atoms with Crippen LogP contribution in [0.2, 0.25) is 0 Å². The van der Waals surface area contributed by atoms with Crippen molar-refractivity contribution >= 4 is 28.4 Å². The zero-order chi connectivity index (χ0) is 13.8. The highest BCUT2D eigenvalue weighted by atomic mass is 32.1. The second-order valence-corrected chi connectivity index (χ2v) is 5.26. The molecule has 0 spiro atoms. The van der Waals surface area contributed by atoms with Gasteiger partial charge in [-0.05, 0) is 17.5 Å². The Labute approximate surface area is 117 Å². The normalized spacial score (nSPS) is 10.3. The van der Waals surface area contributed by atoms with E-state index < -0.39 is 0 Å². The minimum Gasteiger partial charge on any atom is -0.479 e. The van der Waals surface area contributed by atoms with E-state index >= 15 is 0 Å². The number of aromatic nitrogens is 1. The van der Waals surface area contributed by atoms with Crippen LogP contribution in [0.4, 0.5) is 17.1 Å². The van der Waals surface area contributed by atoms with Crippen molar-refractivity contribution < 1.29 is 4.74 Å². The number of ether oxygens (including phenoxy) is 1. The van der Waals surface area contributed by atoms with Gasteiger partial charge in [-0.25, -0.2) is 4.98 Å². The van der Waals surface area contributed by atoms with E-state index in [0.717, 1.165) is 21.9 Å². The molecule has 2 heterocycles. The van der Waals surface area contributed by atoms with E-state index in [0.29, 0.717) is 12.4 Å². The number of methoxy groups -OCH3 is 1. The van der Waals surface area contributed by atoms with Crippen LogP contribution >= 0.6 is 11.3 Å². The molecule has 0 aliphatic carbocycles. The van der Waals surface area contributed by atoms with E-state index in [-0.39, 0.29) is 0 Å². The van der Waals surface area contributed by atoms with Crippen molar-refractivity contribution in [2.45, 2.75) is 6.54 Å². The van der Waals surface area contributed by atoms with Crippen LogP contribution in [-0.4, -0.2) is 26.2 Å². The van der Waals surface area contributed by atoms with E-state index in [9.17, 15) is 0 Å². The van der Waals surface area contributed by atoms with Crippen LogP contribution in [0.5, 0.6) is 5.88 Å². The topological polar surface area (TPSA) is 63.4 Å². The van der Waals surface area contributed by atoms with Crippen LogP contribution in [0.15, 0.2) is 23.7 Å². The monoisotopic (exact) mass is 278 g/mol. The number of nitrogens with two attached hydrogens (primary N) is 1. The van der Waals surface area contributed by atoms with Gasteiger partial charge in [-0.3, -0.25) is 0 Å². The van der Waals surface area contributed by atoms with Crippen LogP contribution in [0.1, 0.15) is 4.88 Å². The predicted octanol–water partition coefficient (Wildman–Crippen LogP) is 2.41. The summed E-state index contributed by atoms with van der Waals surface area (Å²) in [5, 5.41) is 5.34. The van der Waals surface area contributed by atoms with Crippen LogP contribution < -0.4 is 20.7 Å². The Morgan fingerprint density at radius 1 is 1.42 bits per heavy atom. The predicted molar refractivity (Wildman–Crippen MR) is 81.2 cm³/mol. The maximum Gasteiger partial charge on any atom is 0.239 e. The third kappa shape index (κ3) is 2.90. The van der Waals surface area contributed by atoms with Gasteiger partial charge >= 0.3 is 0 Å². The smallest absolute Gasteiger partial charge is 0.239 e. The van der Waals surface area contributed by atoms with E-state index in [1.54, 1.807) is 24.6 Å². The van der Waals surface area contributed by atoms with Gasteiger partial charge in [0.25, 0.3) is 0 Å². The van der Waals surface area contributed by atoms with Crippen molar-refractivity contribution in [2.75, 3.05) is 37.2 Å². The van der Waals surface area contributed by atoms with Crippen LogP contribution in [0.25, 0.3) is 0 Å². The van der Waals surface area contributed by atoms with Gasteiger partial charge in [0.15, 0.2) is 0 Å². The molecular formula is C13H18N4OS. The third-order valence-corrected chi connectivity index (χ3v) is 3.71. The molecule has 5 nitrogen and oxygen atoms in total. The number of hydrogen-bond donors (Lipinski definition) is 2. The zero-order valence-electron chi connectivity index (χ0n) is 11.3. The van der Waals surface area contributed by atoms with E-state index in [1.165, 1.54) is 0 Å². The second-order valence-electron chi connectivity index (χ2n) is 4.26. The zero-order valence-corrected chi connectivity index (χ0v) is 12.1. The lowest BCUT2D eigenvalue weighted by atomic mass is 10.3. The number of anilines is 3. The molecule has 0 saturated carbocycles. The minimum atomic E-state index is 0.585. The maximum absolute atomic E-state index is 5.89. The van der Waals surface area contributed by atoms with Gasteiger partial charge in [0, 0.05) is 30.9 Å². The van der Waals surface area contributed by atoms with Gasteiger partial charge in [-0.2, -0.15) is 0 Å². The highest BCUT2D eigenvalue weighted by Crippen LogP contribution is 2.33. The average Bonchev–Trinajstić information content (AvgIpc) is 2.81. The molecule has 0 unspecified atom stereocenters. The number of rotatable bonds is 5. The first kappa shape index (κ1) is 13.5. The maximum atomic E-state index is 5.89. The lowest BCUT2D eigenvalue weighted by Gasteiger charge is -2.19. The highest BCUT2D eigenvalue weighted by molar-refractivity contribution is 7.10. The number of nitrogens with zero attached hydrogens (tertiary/aromatic N) is 2. The van der Waals surface area contributed by atoms with Crippen LogP contribution in [0, 0.1) is 0 Å². The molecule has 0 bridgehead atoms. The fourth-order valence-corrected chi connectivity index (χ4v) is 2.53. The van der Waals surface area contributed by atoms with Crippen LogP contribution in [-0.2, 0) is 6.54 Å². The van der Waals surface area contributed by atoms with E-state index in [1.807, 2.05) is 36.5 Å². The van der Waals surface area contributed by atoms with Gasteiger partial charge < -0.3 is 20.7 Å². The molecule has 2 aromatic heterocycles. The molecule has 3 N–H and O–H groups in total. The van der Waals surface area contributed by atoms with Gasteiger partial charge in [-0.1, -0.05) is 0 Å². The lowest BCUT2D eigenvalue weighted by molar-refractivity contribution is 0.400. The van der Waals surface area contributed by atoms with Crippen molar-refractivity contribution in [1.29, 1.82) is 0 Å². The molecule has 0 atom stereocenters. The Morgan fingerprint density at radius 3 is 2.79 bits per heavy atom. The van der Waals surface area contributed by atoms with Crippen LogP contribution in [0.3, 0.4) is 0 Å². The first-order valence-electron chi connectivity index (χ1n) is 5.89. The first-order valence-corrected chi connectivity index (χ1v) is 6.77. The molecule has 0 aliphatic heterocycles. The fraction of sp³-hybridized carbons (Fsp3) is 0.308. The Bertz CT molecular complexity index is 553. The molecule has 102 valence electrons. The SMILES string of the molecule is COc1nccc(N(C)C)c1NCc1sccc1N. The van der Waals surface area contributed by atoms with Gasteiger partial charge in [0.2, 0.25) is 5.88 Å².